The third-order valence-corrected chi connectivity index (χ3v) is 6.10. The summed E-state index contributed by atoms with van der Waals surface area (Å²) in [7, 11) is 0. The lowest BCUT2D eigenvalue weighted by Crippen LogP contribution is -2.46. The van der Waals surface area contributed by atoms with Gasteiger partial charge in [-0.2, -0.15) is 13.2 Å². The number of nitrogens with one attached hydrogen (secondary N) is 2. The van der Waals surface area contributed by atoms with Gasteiger partial charge in [0.15, 0.2) is 0 Å². The fourth-order valence-electron chi connectivity index (χ4n) is 4.06. The van der Waals surface area contributed by atoms with Crippen LogP contribution in [0.25, 0.3) is 11.3 Å². The van der Waals surface area contributed by atoms with Crippen LogP contribution in [0.5, 0.6) is 0 Å². The third kappa shape index (κ3) is 5.87. The molecule has 0 radical (unpaired) electrons. The Morgan fingerprint density at radius 2 is 1.94 bits per heavy atom. The highest BCUT2D eigenvalue weighted by Gasteiger charge is 2.35. The Kier molecular flexibility index (Phi) is 8.52. The second-order valence-electron chi connectivity index (χ2n) is 7.89. The standard InChI is InChI=1S/C24H22ClF3N4O.ClH/c25-21-17(7-4-8-18(21)24(26,27)28)23(33)32-22(19-9-1-2-10-30-19)16-6-3-5-15(13-16)20-14-29-11-12-31-20;/h3-8,11-14,19,22,30H,1-2,9-10H2,(H,32,33);1H/t19-,22-;/m0./s1. The fraction of sp³-hybridized carbons (Fsp3) is 0.292. The number of piperidine rings is 1. The maximum atomic E-state index is 13.3. The van der Waals surface area contributed by atoms with Crippen molar-refractivity contribution in [3.05, 3.63) is 82.8 Å². The molecule has 0 unspecified atom stereocenters. The Labute approximate surface area is 206 Å². The number of aromatic nitrogens is 2. The largest absolute Gasteiger partial charge is 0.417 e. The van der Waals surface area contributed by atoms with E-state index >= 15 is 0 Å². The van der Waals surface area contributed by atoms with E-state index in [9.17, 15) is 18.0 Å². The van der Waals surface area contributed by atoms with Crippen molar-refractivity contribution in [2.75, 3.05) is 6.54 Å². The van der Waals surface area contributed by atoms with Gasteiger partial charge >= 0.3 is 6.18 Å². The molecule has 0 saturated carbocycles. The molecule has 180 valence electrons. The van der Waals surface area contributed by atoms with Gasteiger partial charge < -0.3 is 10.6 Å². The molecule has 2 heterocycles. The summed E-state index contributed by atoms with van der Waals surface area (Å²) >= 11 is 6.00. The molecule has 1 saturated heterocycles. The van der Waals surface area contributed by atoms with Crippen LogP contribution < -0.4 is 10.6 Å². The minimum Gasteiger partial charge on any atom is -0.344 e. The summed E-state index contributed by atoms with van der Waals surface area (Å²) in [4.78, 5) is 21.5. The van der Waals surface area contributed by atoms with Gasteiger partial charge in [-0.25, -0.2) is 0 Å². The molecule has 1 amide bonds. The number of carbonyl (C=O) groups is 1. The first-order valence-corrected chi connectivity index (χ1v) is 11.0. The number of hydrogen-bond acceptors (Lipinski definition) is 4. The van der Waals surface area contributed by atoms with E-state index in [2.05, 4.69) is 20.6 Å². The van der Waals surface area contributed by atoms with E-state index in [1.807, 2.05) is 24.3 Å². The number of carbonyl (C=O) groups excluding carboxylic acids is 1. The molecule has 2 N–H and O–H groups in total. The van der Waals surface area contributed by atoms with Crippen molar-refractivity contribution in [1.29, 1.82) is 0 Å². The van der Waals surface area contributed by atoms with Crippen LogP contribution in [0.2, 0.25) is 5.02 Å². The number of alkyl halides is 3. The zero-order chi connectivity index (χ0) is 23.4. The molecule has 1 aliphatic heterocycles. The summed E-state index contributed by atoms with van der Waals surface area (Å²) in [6.07, 6.45) is 3.00. The molecule has 0 bridgehead atoms. The zero-order valence-electron chi connectivity index (χ0n) is 18.0. The van der Waals surface area contributed by atoms with E-state index < -0.39 is 28.7 Å². The summed E-state index contributed by atoms with van der Waals surface area (Å²) in [6.45, 7) is 0.797. The van der Waals surface area contributed by atoms with Crippen LogP contribution in [0.4, 0.5) is 13.2 Å². The average Bonchev–Trinajstić information content (AvgIpc) is 2.83. The minimum absolute atomic E-state index is 0. The summed E-state index contributed by atoms with van der Waals surface area (Å²) in [5, 5.41) is 5.75. The van der Waals surface area contributed by atoms with Crippen LogP contribution >= 0.6 is 24.0 Å². The van der Waals surface area contributed by atoms with Crippen molar-refractivity contribution < 1.29 is 18.0 Å². The molecule has 10 heteroatoms. The molecule has 34 heavy (non-hydrogen) atoms. The van der Waals surface area contributed by atoms with Crippen LogP contribution in [0.15, 0.2) is 61.1 Å². The Hall–Kier alpha value is -2.68. The number of rotatable bonds is 5. The second-order valence-corrected chi connectivity index (χ2v) is 8.27. The highest BCUT2D eigenvalue weighted by atomic mass is 35.5. The van der Waals surface area contributed by atoms with Gasteiger partial charge in [-0.05, 0) is 43.1 Å². The Morgan fingerprint density at radius 1 is 1.15 bits per heavy atom. The number of benzene rings is 2. The van der Waals surface area contributed by atoms with E-state index in [0.717, 1.165) is 43.0 Å². The first-order valence-electron chi connectivity index (χ1n) is 10.6. The van der Waals surface area contributed by atoms with E-state index in [4.69, 9.17) is 11.6 Å². The summed E-state index contributed by atoms with van der Waals surface area (Å²) in [5.41, 5.74) is 1.08. The van der Waals surface area contributed by atoms with Gasteiger partial charge in [0.1, 0.15) is 0 Å². The minimum atomic E-state index is -4.65. The monoisotopic (exact) mass is 510 g/mol. The SMILES string of the molecule is Cl.O=C(N[C@@H](c1cccc(-c2cnccn2)c1)[C@@H]1CCCCN1)c1cccc(C(F)(F)F)c1Cl. The molecule has 2 aromatic carbocycles. The predicted octanol–water partition coefficient (Wildman–Crippen LogP) is 5.85. The molecular weight excluding hydrogens is 488 g/mol. The van der Waals surface area contributed by atoms with Crippen LogP contribution in [0.3, 0.4) is 0 Å². The third-order valence-electron chi connectivity index (χ3n) is 5.69. The van der Waals surface area contributed by atoms with Crippen LogP contribution in [-0.2, 0) is 6.18 Å². The van der Waals surface area contributed by atoms with Gasteiger partial charge in [0.2, 0.25) is 0 Å². The highest BCUT2D eigenvalue weighted by Crippen LogP contribution is 2.36. The average molecular weight is 511 g/mol. The number of hydrogen-bond donors (Lipinski definition) is 2. The number of nitrogens with zero attached hydrogens (tertiary/aromatic N) is 2. The molecule has 4 rings (SSSR count). The van der Waals surface area contributed by atoms with Crippen molar-refractivity contribution in [3.8, 4) is 11.3 Å². The molecule has 0 spiro atoms. The fourth-order valence-corrected chi connectivity index (χ4v) is 4.38. The summed E-state index contributed by atoms with van der Waals surface area (Å²) < 4.78 is 39.8. The van der Waals surface area contributed by atoms with Gasteiger partial charge in [-0.15, -0.1) is 12.4 Å². The van der Waals surface area contributed by atoms with Crippen LogP contribution in [-0.4, -0.2) is 28.5 Å². The van der Waals surface area contributed by atoms with Crippen LogP contribution in [0.1, 0.15) is 46.8 Å². The van der Waals surface area contributed by atoms with Crippen molar-refractivity contribution >= 4 is 29.9 Å². The van der Waals surface area contributed by atoms with Gasteiger partial charge in [-0.1, -0.05) is 42.3 Å². The molecule has 1 aliphatic rings. The smallest absolute Gasteiger partial charge is 0.344 e. The maximum Gasteiger partial charge on any atom is 0.417 e. The lowest BCUT2D eigenvalue weighted by molar-refractivity contribution is -0.137. The predicted molar refractivity (Wildman–Crippen MR) is 127 cm³/mol. The van der Waals surface area contributed by atoms with Crippen molar-refractivity contribution in [2.24, 2.45) is 0 Å². The van der Waals surface area contributed by atoms with Gasteiger partial charge in [0.05, 0.1) is 34.1 Å². The van der Waals surface area contributed by atoms with Crippen LogP contribution in [0, 0.1) is 0 Å². The molecule has 1 fully saturated rings. The Balaban J connectivity index is 0.00000324. The molecule has 1 aromatic heterocycles. The first kappa shape index (κ1) is 25.9. The van der Waals surface area contributed by atoms with Crippen molar-refractivity contribution in [1.82, 2.24) is 20.6 Å². The first-order chi connectivity index (χ1) is 15.8. The van der Waals surface area contributed by atoms with Gasteiger partial charge in [0.25, 0.3) is 5.91 Å². The Morgan fingerprint density at radius 3 is 2.62 bits per heavy atom. The second kappa shape index (κ2) is 11.2. The molecule has 2 atom stereocenters. The number of halogens is 5. The quantitative estimate of drug-likeness (QED) is 0.451. The lowest BCUT2D eigenvalue weighted by Gasteiger charge is -2.32. The van der Waals surface area contributed by atoms with Gasteiger partial charge in [-0.3, -0.25) is 14.8 Å². The summed E-state index contributed by atoms with van der Waals surface area (Å²) in [6, 6.07) is 10.4. The van der Waals surface area contributed by atoms with Crippen molar-refractivity contribution in [3.63, 3.8) is 0 Å². The molecular formula is C24H23Cl2F3N4O. The molecule has 0 aliphatic carbocycles. The van der Waals surface area contributed by atoms with E-state index in [0.29, 0.717) is 5.69 Å². The molecule has 3 aromatic rings. The zero-order valence-corrected chi connectivity index (χ0v) is 19.6. The number of amides is 1. The maximum absolute atomic E-state index is 13.3. The lowest BCUT2D eigenvalue weighted by atomic mass is 9.91. The van der Waals surface area contributed by atoms with E-state index in [-0.39, 0.29) is 24.0 Å². The van der Waals surface area contributed by atoms with E-state index in [1.54, 1.807) is 18.6 Å². The topological polar surface area (TPSA) is 66.9 Å². The summed E-state index contributed by atoms with van der Waals surface area (Å²) in [5.74, 6) is -0.659. The Bertz CT molecular complexity index is 1120. The van der Waals surface area contributed by atoms with Crippen molar-refractivity contribution in [2.45, 2.75) is 37.5 Å². The molecule has 5 nitrogen and oxygen atoms in total. The normalized spacial score (nSPS) is 16.9. The highest BCUT2D eigenvalue weighted by molar-refractivity contribution is 6.34. The van der Waals surface area contributed by atoms with Gasteiger partial charge in [0, 0.05) is 24.0 Å². The van der Waals surface area contributed by atoms with E-state index in [1.165, 1.54) is 12.1 Å².